The molecule has 0 saturated heterocycles. The van der Waals surface area contributed by atoms with Crippen LogP contribution in [-0.4, -0.2) is 38.5 Å². The van der Waals surface area contributed by atoms with Crippen molar-refractivity contribution >= 4 is 21.9 Å². The van der Waals surface area contributed by atoms with Crippen LogP contribution in [0.5, 0.6) is 0 Å². The van der Waals surface area contributed by atoms with Crippen LogP contribution >= 0.6 is 0 Å². The second-order valence-corrected chi connectivity index (χ2v) is 6.24. The maximum absolute atomic E-state index is 11.8. The van der Waals surface area contributed by atoms with Crippen LogP contribution in [0.4, 0.5) is 0 Å². The van der Waals surface area contributed by atoms with E-state index in [0.29, 0.717) is 0 Å². The zero-order valence-corrected chi connectivity index (χ0v) is 12.6. The third-order valence-electron chi connectivity index (χ3n) is 2.75. The van der Waals surface area contributed by atoms with Crippen LogP contribution < -0.4 is 10.0 Å². The van der Waals surface area contributed by atoms with Gasteiger partial charge in [-0.3, -0.25) is 9.59 Å². The minimum Gasteiger partial charge on any atom is -0.481 e. The molecule has 1 amide bonds. The lowest BCUT2D eigenvalue weighted by Gasteiger charge is -2.09. The van der Waals surface area contributed by atoms with Crippen LogP contribution in [0, 0.1) is 5.92 Å². The molecule has 0 aliphatic rings. The number of rotatable bonds is 7. The lowest BCUT2D eigenvalue weighted by Crippen LogP contribution is -2.31. The molecule has 0 radical (unpaired) electrons. The van der Waals surface area contributed by atoms with Crippen molar-refractivity contribution in [2.75, 3.05) is 13.1 Å². The highest BCUT2D eigenvalue weighted by atomic mass is 32.2. The van der Waals surface area contributed by atoms with Gasteiger partial charge in [-0.1, -0.05) is 13.8 Å². The Morgan fingerprint density at radius 2 is 1.81 bits per heavy atom. The smallest absolute Gasteiger partial charge is 0.308 e. The summed E-state index contributed by atoms with van der Waals surface area (Å²) in [5.74, 6) is -2.14. The number of sulfonamides is 1. The molecule has 0 fully saturated rings. The number of aliphatic carboxylic acids is 1. The molecule has 0 aliphatic heterocycles. The fourth-order valence-electron chi connectivity index (χ4n) is 1.49. The first-order valence-corrected chi connectivity index (χ1v) is 7.87. The van der Waals surface area contributed by atoms with Crippen LogP contribution in [0.2, 0.25) is 0 Å². The molecular formula is C13H18N2O5S. The lowest BCUT2D eigenvalue weighted by atomic mass is 10.1. The van der Waals surface area contributed by atoms with Gasteiger partial charge in [0.25, 0.3) is 5.91 Å². The summed E-state index contributed by atoms with van der Waals surface area (Å²) in [5.41, 5.74) is 0.267. The van der Waals surface area contributed by atoms with Crippen molar-refractivity contribution in [3.63, 3.8) is 0 Å². The SMILES string of the molecule is CCNS(=O)(=O)c1ccc(C(=O)NCC(C)C(=O)O)cc1. The molecule has 7 nitrogen and oxygen atoms in total. The summed E-state index contributed by atoms with van der Waals surface area (Å²) in [6, 6.07) is 5.41. The maximum atomic E-state index is 11.8. The number of carbonyl (C=O) groups is 2. The number of carboxylic acid groups (broad SMARTS) is 1. The molecule has 0 heterocycles. The van der Waals surface area contributed by atoms with Crippen LogP contribution in [0.1, 0.15) is 24.2 Å². The van der Waals surface area contributed by atoms with Gasteiger partial charge in [-0.05, 0) is 24.3 Å². The minimum absolute atomic E-state index is 0.00556. The van der Waals surface area contributed by atoms with Crippen molar-refractivity contribution in [2.45, 2.75) is 18.7 Å². The summed E-state index contributed by atoms with van der Waals surface area (Å²) in [5, 5.41) is 11.2. The van der Waals surface area contributed by atoms with Gasteiger partial charge < -0.3 is 10.4 Å². The summed E-state index contributed by atoms with van der Waals surface area (Å²) in [6.07, 6.45) is 0. The average Bonchev–Trinajstić information content (AvgIpc) is 2.44. The van der Waals surface area contributed by atoms with Crippen molar-refractivity contribution in [3.05, 3.63) is 29.8 Å². The molecule has 1 rings (SSSR count). The van der Waals surface area contributed by atoms with Crippen molar-refractivity contribution in [3.8, 4) is 0 Å². The highest BCUT2D eigenvalue weighted by Gasteiger charge is 2.15. The van der Waals surface area contributed by atoms with E-state index in [1.165, 1.54) is 31.2 Å². The normalized spacial score (nSPS) is 12.7. The van der Waals surface area contributed by atoms with Crippen LogP contribution in [0.3, 0.4) is 0 Å². The number of carbonyl (C=O) groups excluding carboxylic acids is 1. The fourth-order valence-corrected chi connectivity index (χ4v) is 2.54. The van der Waals surface area contributed by atoms with Gasteiger partial charge in [0.05, 0.1) is 10.8 Å². The molecular weight excluding hydrogens is 296 g/mol. The Balaban J connectivity index is 2.74. The molecule has 1 unspecified atom stereocenters. The molecule has 116 valence electrons. The highest BCUT2D eigenvalue weighted by molar-refractivity contribution is 7.89. The zero-order chi connectivity index (χ0) is 16.0. The molecule has 0 bridgehead atoms. The molecule has 0 saturated carbocycles. The zero-order valence-electron chi connectivity index (χ0n) is 11.8. The molecule has 1 aromatic rings. The summed E-state index contributed by atoms with van der Waals surface area (Å²) in [6.45, 7) is 3.43. The van der Waals surface area contributed by atoms with Gasteiger partial charge in [-0.25, -0.2) is 13.1 Å². The second-order valence-electron chi connectivity index (χ2n) is 4.48. The van der Waals surface area contributed by atoms with Gasteiger partial charge in [0, 0.05) is 18.7 Å². The first-order chi connectivity index (χ1) is 9.77. The highest BCUT2D eigenvalue weighted by Crippen LogP contribution is 2.10. The largest absolute Gasteiger partial charge is 0.481 e. The monoisotopic (exact) mass is 314 g/mol. The van der Waals surface area contributed by atoms with E-state index in [0.717, 1.165) is 0 Å². The van der Waals surface area contributed by atoms with Gasteiger partial charge in [-0.2, -0.15) is 0 Å². The average molecular weight is 314 g/mol. The number of carboxylic acids is 1. The Morgan fingerprint density at radius 3 is 2.29 bits per heavy atom. The van der Waals surface area contributed by atoms with Crippen LogP contribution in [0.25, 0.3) is 0 Å². The molecule has 21 heavy (non-hydrogen) atoms. The van der Waals surface area contributed by atoms with Gasteiger partial charge >= 0.3 is 5.97 Å². The van der Waals surface area contributed by atoms with Crippen molar-refractivity contribution < 1.29 is 23.1 Å². The first-order valence-electron chi connectivity index (χ1n) is 6.38. The van der Waals surface area contributed by atoms with E-state index in [1.54, 1.807) is 6.92 Å². The van der Waals surface area contributed by atoms with E-state index in [2.05, 4.69) is 10.0 Å². The Kier molecular flexibility index (Phi) is 5.86. The molecule has 8 heteroatoms. The summed E-state index contributed by atoms with van der Waals surface area (Å²) in [4.78, 5) is 22.5. The number of benzene rings is 1. The van der Waals surface area contributed by atoms with Gasteiger partial charge in [0.15, 0.2) is 0 Å². The predicted octanol–water partition coefficient (Wildman–Crippen LogP) is 0.435. The second kappa shape index (κ2) is 7.19. The molecule has 1 atom stereocenters. The fraction of sp³-hybridized carbons (Fsp3) is 0.385. The number of amides is 1. The molecule has 0 aromatic heterocycles. The molecule has 0 spiro atoms. The first kappa shape index (κ1) is 17.1. The number of nitrogens with one attached hydrogen (secondary N) is 2. The van der Waals surface area contributed by atoms with Crippen LogP contribution in [0.15, 0.2) is 29.2 Å². The third-order valence-corrected chi connectivity index (χ3v) is 4.31. The van der Waals surface area contributed by atoms with E-state index < -0.39 is 27.8 Å². The summed E-state index contributed by atoms with van der Waals surface area (Å²) < 4.78 is 25.8. The minimum atomic E-state index is -3.55. The van der Waals surface area contributed by atoms with E-state index in [1.807, 2.05) is 0 Å². The number of hydrogen-bond acceptors (Lipinski definition) is 4. The Labute approximate surface area is 123 Å². The van der Waals surface area contributed by atoms with Gasteiger partial charge in [-0.15, -0.1) is 0 Å². The van der Waals surface area contributed by atoms with E-state index >= 15 is 0 Å². The van der Waals surface area contributed by atoms with Crippen molar-refractivity contribution in [1.82, 2.24) is 10.0 Å². The third kappa shape index (κ3) is 4.83. The van der Waals surface area contributed by atoms with Gasteiger partial charge in [0.2, 0.25) is 10.0 Å². The Morgan fingerprint density at radius 1 is 1.24 bits per heavy atom. The van der Waals surface area contributed by atoms with Gasteiger partial charge in [0.1, 0.15) is 0 Å². The Bertz CT molecular complexity index is 610. The van der Waals surface area contributed by atoms with Crippen molar-refractivity contribution in [1.29, 1.82) is 0 Å². The van der Waals surface area contributed by atoms with E-state index in [4.69, 9.17) is 5.11 Å². The molecule has 0 aliphatic carbocycles. The topological polar surface area (TPSA) is 113 Å². The standard InChI is InChI=1S/C13H18N2O5S/c1-3-15-21(19,20)11-6-4-10(5-7-11)12(16)14-8-9(2)13(17)18/h4-7,9,15H,3,8H2,1-2H3,(H,14,16)(H,17,18). The Hall–Kier alpha value is -1.93. The van der Waals surface area contributed by atoms with E-state index in [-0.39, 0.29) is 23.5 Å². The van der Waals surface area contributed by atoms with E-state index in [9.17, 15) is 18.0 Å². The molecule has 1 aromatic carbocycles. The lowest BCUT2D eigenvalue weighted by molar-refractivity contribution is -0.140. The van der Waals surface area contributed by atoms with Crippen LogP contribution in [-0.2, 0) is 14.8 Å². The number of hydrogen-bond donors (Lipinski definition) is 3. The summed E-state index contributed by atoms with van der Waals surface area (Å²) in [7, 11) is -3.55. The summed E-state index contributed by atoms with van der Waals surface area (Å²) >= 11 is 0. The molecule has 3 N–H and O–H groups in total. The predicted molar refractivity (Wildman–Crippen MR) is 76.4 cm³/mol. The maximum Gasteiger partial charge on any atom is 0.308 e. The quantitative estimate of drug-likeness (QED) is 0.676. The van der Waals surface area contributed by atoms with Crippen molar-refractivity contribution in [2.24, 2.45) is 5.92 Å².